The Hall–Kier alpha value is -2.80. The lowest BCUT2D eigenvalue weighted by atomic mass is 10.0. The number of carbonyl (C=O) groups excluding carboxylic acids is 3. The number of rotatable bonds is 4. The number of nitrogens with one attached hydrogen (secondary N) is 1. The summed E-state index contributed by atoms with van der Waals surface area (Å²) in [5.41, 5.74) is 2.05. The normalized spacial score (nSPS) is 23.4. The number of hydrogen-bond acceptors (Lipinski definition) is 5. The SMILES string of the molecule is COC(=O)c1ccc(NC(=O)[C@H]2CS[C@@]3(c4ccccc4)CCC(=O)N23)cc1. The predicted octanol–water partition coefficient (Wildman–Crippen LogP) is 3.00. The molecular weight excluding hydrogens is 376 g/mol. The van der Waals surface area contributed by atoms with Gasteiger partial charge in [0.2, 0.25) is 11.8 Å². The molecule has 2 aliphatic heterocycles. The van der Waals surface area contributed by atoms with Crippen molar-refractivity contribution in [3.8, 4) is 0 Å². The van der Waals surface area contributed by atoms with Gasteiger partial charge >= 0.3 is 5.97 Å². The molecule has 0 unspecified atom stereocenters. The minimum absolute atomic E-state index is 0.00930. The first-order valence-electron chi connectivity index (χ1n) is 9.06. The zero-order valence-corrected chi connectivity index (χ0v) is 16.2. The Balaban J connectivity index is 1.54. The van der Waals surface area contributed by atoms with Crippen molar-refractivity contribution in [1.29, 1.82) is 0 Å². The molecule has 6 nitrogen and oxygen atoms in total. The van der Waals surface area contributed by atoms with Gasteiger partial charge in [-0.2, -0.15) is 0 Å². The number of esters is 1. The summed E-state index contributed by atoms with van der Waals surface area (Å²) in [6.07, 6.45) is 1.15. The zero-order chi connectivity index (χ0) is 19.7. The van der Waals surface area contributed by atoms with Crippen LogP contribution in [0, 0.1) is 0 Å². The lowest BCUT2D eigenvalue weighted by Gasteiger charge is -2.34. The van der Waals surface area contributed by atoms with Crippen LogP contribution in [0.15, 0.2) is 54.6 Å². The fourth-order valence-corrected chi connectivity index (χ4v) is 5.52. The Morgan fingerprint density at radius 3 is 2.54 bits per heavy atom. The third-order valence-corrected chi connectivity index (χ3v) is 6.82. The highest BCUT2D eigenvalue weighted by Gasteiger charge is 2.56. The molecule has 2 aromatic rings. The van der Waals surface area contributed by atoms with Gasteiger partial charge in [-0.25, -0.2) is 4.79 Å². The summed E-state index contributed by atoms with van der Waals surface area (Å²) in [5, 5.41) is 2.87. The average molecular weight is 396 g/mol. The second-order valence-corrected chi connectivity index (χ2v) is 8.10. The van der Waals surface area contributed by atoms with E-state index < -0.39 is 16.9 Å². The molecule has 1 N–H and O–H groups in total. The number of nitrogens with zero attached hydrogens (tertiary/aromatic N) is 1. The fourth-order valence-electron chi connectivity index (χ4n) is 3.87. The van der Waals surface area contributed by atoms with E-state index in [1.54, 1.807) is 40.9 Å². The highest BCUT2D eigenvalue weighted by molar-refractivity contribution is 8.00. The predicted molar refractivity (Wildman–Crippen MR) is 107 cm³/mol. The van der Waals surface area contributed by atoms with Gasteiger partial charge in [-0.05, 0) is 36.2 Å². The van der Waals surface area contributed by atoms with Crippen LogP contribution in [0.4, 0.5) is 5.69 Å². The highest BCUT2D eigenvalue weighted by Crippen LogP contribution is 2.54. The summed E-state index contributed by atoms with van der Waals surface area (Å²) < 4.78 is 4.68. The molecular formula is C21H20N2O4S. The van der Waals surface area contributed by atoms with Gasteiger partial charge in [-0.15, -0.1) is 11.8 Å². The topological polar surface area (TPSA) is 75.7 Å². The van der Waals surface area contributed by atoms with E-state index in [1.165, 1.54) is 7.11 Å². The molecule has 2 saturated heterocycles. The fraction of sp³-hybridized carbons (Fsp3) is 0.286. The first-order valence-corrected chi connectivity index (χ1v) is 10.0. The van der Waals surface area contributed by atoms with Crippen molar-refractivity contribution >= 4 is 35.2 Å². The van der Waals surface area contributed by atoms with Crippen molar-refractivity contribution < 1.29 is 19.1 Å². The van der Waals surface area contributed by atoms with E-state index >= 15 is 0 Å². The number of amides is 2. The number of methoxy groups -OCH3 is 1. The Kier molecular flexibility index (Phi) is 4.85. The summed E-state index contributed by atoms with van der Waals surface area (Å²) >= 11 is 1.66. The van der Waals surface area contributed by atoms with E-state index in [-0.39, 0.29) is 11.8 Å². The van der Waals surface area contributed by atoms with Gasteiger partial charge in [0.05, 0.1) is 12.7 Å². The summed E-state index contributed by atoms with van der Waals surface area (Å²) in [6.45, 7) is 0. The van der Waals surface area contributed by atoms with Gasteiger partial charge in [0.15, 0.2) is 0 Å². The van der Waals surface area contributed by atoms with Gasteiger partial charge in [-0.3, -0.25) is 9.59 Å². The monoisotopic (exact) mass is 396 g/mol. The van der Waals surface area contributed by atoms with Crippen LogP contribution >= 0.6 is 11.8 Å². The van der Waals surface area contributed by atoms with Crippen molar-refractivity contribution in [3.05, 3.63) is 65.7 Å². The number of fused-ring (bicyclic) bond motifs is 1. The summed E-state index contributed by atoms with van der Waals surface area (Å²) in [5.74, 6) is -0.0889. The molecule has 0 aliphatic carbocycles. The molecule has 2 amide bonds. The van der Waals surface area contributed by atoms with E-state index in [9.17, 15) is 14.4 Å². The smallest absolute Gasteiger partial charge is 0.337 e. The molecule has 0 bridgehead atoms. The summed E-state index contributed by atoms with van der Waals surface area (Å²) in [4.78, 5) is 38.4. The van der Waals surface area contributed by atoms with Crippen LogP contribution in [0.3, 0.4) is 0 Å². The maximum atomic E-state index is 12.9. The highest BCUT2D eigenvalue weighted by atomic mass is 32.2. The maximum Gasteiger partial charge on any atom is 0.337 e. The molecule has 0 saturated carbocycles. The number of ether oxygens (including phenoxy) is 1. The second kappa shape index (κ2) is 7.31. The lowest BCUT2D eigenvalue weighted by Crippen LogP contribution is -2.48. The Morgan fingerprint density at radius 2 is 1.86 bits per heavy atom. The van der Waals surface area contributed by atoms with E-state index in [2.05, 4.69) is 10.1 Å². The van der Waals surface area contributed by atoms with E-state index in [0.717, 1.165) is 5.56 Å². The third kappa shape index (κ3) is 3.05. The third-order valence-electron chi connectivity index (χ3n) is 5.23. The molecule has 2 aromatic carbocycles. The number of benzene rings is 2. The first kappa shape index (κ1) is 18.6. The molecule has 0 aromatic heterocycles. The molecule has 4 rings (SSSR count). The molecule has 28 heavy (non-hydrogen) atoms. The molecule has 2 atom stereocenters. The number of hydrogen-bond donors (Lipinski definition) is 1. The average Bonchev–Trinajstić information content (AvgIpc) is 3.28. The van der Waals surface area contributed by atoms with E-state index in [1.807, 2.05) is 30.3 Å². The van der Waals surface area contributed by atoms with Crippen LogP contribution in [0.5, 0.6) is 0 Å². The lowest BCUT2D eigenvalue weighted by molar-refractivity contribution is -0.136. The molecule has 0 radical (unpaired) electrons. The first-order chi connectivity index (χ1) is 13.5. The minimum Gasteiger partial charge on any atom is -0.465 e. The van der Waals surface area contributed by atoms with Gasteiger partial charge in [0.1, 0.15) is 10.9 Å². The number of anilines is 1. The van der Waals surface area contributed by atoms with Crippen LogP contribution in [-0.4, -0.2) is 41.6 Å². The number of thioether (sulfide) groups is 1. The van der Waals surface area contributed by atoms with Gasteiger partial charge in [-0.1, -0.05) is 30.3 Å². The van der Waals surface area contributed by atoms with Crippen molar-refractivity contribution in [1.82, 2.24) is 4.90 Å². The molecule has 2 heterocycles. The zero-order valence-electron chi connectivity index (χ0n) is 15.4. The van der Waals surface area contributed by atoms with Gasteiger partial charge in [0, 0.05) is 17.9 Å². The maximum absolute atomic E-state index is 12.9. The Morgan fingerprint density at radius 1 is 1.14 bits per heavy atom. The van der Waals surface area contributed by atoms with Gasteiger partial charge in [0.25, 0.3) is 0 Å². The van der Waals surface area contributed by atoms with Crippen molar-refractivity contribution in [2.75, 3.05) is 18.2 Å². The molecule has 2 aliphatic rings. The molecule has 2 fully saturated rings. The molecule has 144 valence electrons. The molecule has 7 heteroatoms. The standard InChI is InChI=1S/C21H20N2O4S/c1-27-20(26)14-7-9-16(10-8-14)22-19(25)17-13-28-21(12-11-18(24)23(17)21)15-5-3-2-4-6-15/h2-10,17H,11-13H2,1H3,(H,22,25)/t17-,21-/m1/s1. The Labute approximate surface area is 167 Å². The van der Waals surface area contributed by atoms with Crippen molar-refractivity contribution in [2.45, 2.75) is 23.8 Å². The van der Waals surface area contributed by atoms with Crippen molar-refractivity contribution in [3.63, 3.8) is 0 Å². The quantitative estimate of drug-likeness (QED) is 0.804. The van der Waals surface area contributed by atoms with Crippen LogP contribution in [-0.2, 0) is 19.2 Å². The second-order valence-electron chi connectivity index (χ2n) is 6.80. The number of carbonyl (C=O) groups is 3. The minimum atomic E-state index is -0.527. The summed E-state index contributed by atoms with van der Waals surface area (Å²) in [7, 11) is 1.32. The van der Waals surface area contributed by atoms with Crippen LogP contribution in [0.2, 0.25) is 0 Å². The van der Waals surface area contributed by atoms with Crippen LogP contribution in [0.1, 0.15) is 28.8 Å². The largest absolute Gasteiger partial charge is 0.465 e. The van der Waals surface area contributed by atoms with Crippen LogP contribution in [0.25, 0.3) is 0 Å². The van der Waals surface area contributed by atoms with E-state index in [4.69, 9.17) is 0 Å². The summed E-state index contributed by atoms with van der Waals surface area (Å²) in [6, 6.07) is 15.9. The van der Waals surface area contributed by atoms with Gasteiger partial charge < -0.3 is 15.0 Å². The van der Waals surface area contributed by atoms with E-state index in [0.29, 0.717) is 29.8 Å². The molecule has 0 spiro atoms. The Bertz CT molecular complexity index is 916. The van der Waals surface area contributed by atoms with Crippen molar-refractivity contribution in [2.24, 2.45) is 0 Å². The van der Waals surface area contributed by atoms with Crippen LogP contribution < -0.4 is 5.32 Å².